The molecule has 1 saturated heterocycles. The van der Waals surface area contributed by atoms with E-state index in [1.165, 1.54) is 24.1 Å². The Balaban J connectivity index is 1.52. The molecule has 0 bridgehead atoms. The van der Waals surface area contributed by atoms with Gasteiger partial charge in [-0.3, -0.25) is 14.5 Å². The van der Waals surface area contributed by atoms with Crippen LogP contribution in [0.3, 0.4) is 0 Å². The van der Waals surface area contributed by atoms with Gasteiger partial charge >= 0.3 is 5.97 Å². The molecule has 1 aliphatic heterocycles. The van der Waals surface area contributed by atoms with Crippen molar-refractivity contribution < 1.29 is 28.6 Å². The summed E-state index contributed by atoms with van der Waals surface area (Å²) in [6.45, 7) is 1.30. The molecule has 1 fully saturated rings. The normalized spacial score (nSPS) is 13.0. The fourth-order valence-corrected chi connectivity index (χ4v) is 5.97. The van der Waals surface area contributed by atoms with E-state index in [2.05, 4.69) is 0 Å². The van der Waals surface area contributed by atoms with E-state index in [-0.39, 0.29) is 33.6 Å². The molecule has 0 radical (unpaired) electrons. The molecule has 0 unspecified atom stereocenters. The highest BCUT2D eigenvalue weighted by molar-refractivity contribution is 7.18. The van der Waals surface area contributed by atoms with Crippen LogP contribution in [0.15, 0.2) is 78.9 Å². The largest absolute Gasteiger partial charge is 0.465 e. The van der Waals surface area contributed by atoms with Gasteiger partial charge in [-0.25, -0.2) is 4.79 Å². The van der Waals surface area contributed by atoms with Crippen LogP contribution in [-0.2, 0) is 14.3 Å². The van der Waals surface area contributed by atoms with E-state index in [0.29, 0.717) is 47.7 Å². The van der Waals surface area contributed by atoms with E-state index >= 15 is 0 Å². The number of ether oxygens (including phenoxy) is 3. The zero-order chi connectivity index (χ0) is 29.6. The van der Waals surface area contributed by atoms with E-state index in [9.17, 15) is 14.4 Å². The Morgan fingerprint density at radius 3 is 2.29 bits per heavy atom. The van der Waals surface area contributed by atoms with Gasteiger partial charge in [0.1, 0.15) is 22.9 Å². The molecule has 11 heteroatoms. The molecule has 1 aromatic heterocycles. The summed E-state index contributed by atoms with van der Waals surface area (Å²) in [5.41, 5.74) is 1.17. The summed E-state index contributed by atoms with van der Waals surface area (Å²) >= 11 is 13.6. The fraction of sp³-hybridized carbons (Fsp3) is 0.194. The molecule has 4 aromatic rings. The Bertz CT molecular complexity index is 1590. The molecule has 0 atom stereocenters. The van der Waals surface area contributed by atoms with Crippen LogP contribution >= 0.6 is 34.5 Å². The molecule has 0 spiro atoms. The van der Waals surface area contributed by atoms with Crippen LogP contribution in [0.25, 0.3) is 10.4 Å². The maximum absolute atomic E-state index is 14.0. The first-order chi connectivity index (χ1) is 20.3. The molecule has 0 aliphatic carbocycles. The lowest BCUT2D eigenvalue weighted by atomic mass is 10.1. The first-order valence-electron chi connectivity index (χ1n) is 13.0. The Labute approximate surface area is 256 Å². The van der Waals surface area contributed by atoms with Crippen LogP contribution in [0, 0.1) is 0 Å². The summed E-state index contributed by atoms with van der Waals surface area (Å²) in [6.07, 6.45) is 0. The number of carbonyl (C=O) groups is 3. The monoisotopic (exact) mass is 624 g/mol. The number of hydrogen-bond acceptors (Lipinski definition) is 7. The van der Waals surface area contributed by atoms with Gasteiger partial charge in [0.2, 0.25) is 5.91 Å². The minimum Gasteiger partial charge on any atom is -0.465 e. The van der Waals surface area contributed by atoms with Crippen molar-refractivity contribution in [3.63, 3.8) is 0 Å². The highest BCUT2D eigenvalue weighted by Crippen LogP contribution is 2.39. The van der Waals surface area contributed by atoms with Crippen LogP contribution in [0.1, 0.15) is 20.0 Å². The summed E-state index contributed by atoms with van der Waals surface area (Å²) in [5, 5.41) is 0.487. The van der Waals surface area contributed by atoms with E-state index in [0.717, 1.165) is 16.9 Å². The molecule has 216 valence electrons. The van der Waals surface area contributed by atoms with Gasteiger partial charge in [0.05, 0.1) is 36.6 Å². The minimum atomic E-state index is -0.635. The van der Waals surface area contributed by atoms with Crippen LogP contribution < -0.4 is 9.64 Å². The van der Waals surface area contributed by atoms with Crippen molar-refractivity contribution in [3.05, 3.63) is 99.3 Å². The Kier molecular flexibility index (Phi) is 9.44. The lowest BCUT2D eigenvalue weighted by Crippen LogP contribution is -2.47. The third-order valence-electron chi connectivity index (χ3n) is 6.56. The van der Waals surface area contributed by atoms with Gasteiger partial charge in [-0.15, -0.1) is 11.3 Å². The summed E-state index contributed by atoms with van der Waals surface area (Å²) in [7, 11) is 1.27. The van der Waals surface area contributed by atoms with Gasteiger partial charge in [-0.05, 0) is 66.2 Å². The third-order valence-corrected chi connectivity index (χ3v) is 8.26. The number of nitrogens with zero attached hydrogens (tertiary/aromatic N) is 2. The molecule has 0 N–H and O–H groups in total. The molecule has 0 saturated carbocycles. The molecular formula is C31H26Cl2N2O6S. The van der Waals surface area contributed by atoms with Crippen molar-refractivity contribution in [1.29, 1.82) is 0 Å². The first-order valence-corrected chi connectivity index (χ1v) is 14.6. The zero-order valence-corrected chi connectivity index (χ0v) is 24.9. The van der Waals surface area contributed by atoms with Crippen molar-refractivity contribution in [2.45, 2.75) is 0 Å². The van der Waals surface area contributed by atoms with Gasteiger partial charge in [0.25, 0.3) is 5.91 Å². The summed E-state index contributed by atoms with van der Waals surface area (Å²) < 4.78 is 16.3. The fourth-order valence-electron chi connectivity index (χ4n) is 4.40. The van der Waals surface area contributed by atoms with Crippen molar-refractivity contribution in [3.8, 4) is 21.9 Å². The number of methoxy groups -OCH3 is 1. The maximum atomic E-state index is 14.0. The lowest BCUT2D eigenvalue weighted by Gasteiger charge is -2.30. The topological polar surface area (TPSA) is 85.4 Å². The highest BCUT2D eigenvalue weighted by atomic mass is 35.5. The number of carbonyl (C=O) groups excluding carboxylic acids is 3. The van der Waals surface area contributed by atoms with Crippen LogP contribution in [0.4, 0.5) is 5.69 Å². The second kappa shape index (κ2) is 13.4. The summed E-state index contributed by atoms with van der Waals surface area (Å²) in [4.78, 5) is 44.1. The Morgan fingerprint density at radius 1 is 0.929 bits per heavy atom. The van der Waals surface area contributed by atoms with E-state index in [4.69, 9.17) is 37.4 Å². The summed E-state index contributed by atoms with van der Waals surface area (Å²) in [5.74, 6) is -0.136. The van der Waals surface area contributed by atoms with Crippen molar-refractivity contribution >= 4 is 58.0 Å². The molecule has 2 amide bonds. The van der Waals surface area contributed by atoms with Crippen LogP contribution in [0.2, 0.25) is 10.0 Å². The first kappa shape index (κ1) is 29.6. The molecule has 8 nitrogen and oxygen atoms in total. The highest BCUT2D eigenvalue weighted by Gasteiger charge is 2.31. The standard InChI is InChI=1S/C31H26Cl2N2O6S/c1-39-31(38)29-26(18-27(42-29)20-7-10-23(11-8-20)41-22-5-3-2-4-6-22)35(19-28(36)34-13-15-40-16-14-34)30(37)24-12-9-21(32)17-25(24)33/h2-12,17-18H,13-16,19H2,1H3. The van der Waals surface area contributed by atoms with Crippen LogP contribution in [-0.4, -0.2) is 62.6 Å². The Morgan fingerprint density at radius 2 is 1.62 bits per heavy atom. The minimum absolute atomic E-state index is 0.125. The van der Waals surface area contributed by atoms with E-state index in [1.807, 2.05) is 54.6 Å². The van der Waals surface area contributed by atoms with Gasteiger partial charge in [-0.1, -0.05) is 41.4 Å². The van der Waals surface area contributed by atoms with E-state index in [1.54, 1.807) is 17.0 Å². The average molecular weight is 626 g/mol. The van der Waals surface area contributed by atoms with Gasteiger partial charge < -0.3 is 19.1 Å². The van der Waals surface area contributed by atoms with Crippen molar-refractivity contribution in [1.82, 2.24) is 4.90 Å². The molecule has 1 aliphatic rings. The molecule has 42 heavy (non-hydrogen) atoms. The SMILES string of the molecule is COC(=O)c1sc(-c2ccc(Oc3ccccc3)cc2)cc1N(CC(=O)N1CCOCC1)C(=O)c1ccc(Cl)cc1Cl. The number of rotatable bonds is 8. The number of esters is 1. The van der Waals surface area contributed by atoms with Crippen molar-refractivity contribution in [2.24, 2.45) is 0 Å². The van der Waals surface area contributed by atoms with Crippen molar-refractivity contribution in [2.75, 3.05) is 44.9 Å². The van der Waals surface area contributed by atoms with Crippen LogP contribution in [0.5, 0.6) is 11.5 Å². The summed E-state index contributed by atoms with van der Waals surface area (Å²) in [6, 6.07) is 23.0. The second-order valence-corrected chi connectivity index (χ2v) is 11.2. The second-order valence-electron chi connectivity index (χ2n) is 9.26. The number of halogens is 2. The quantitative estimate of drug-likeness (QED) is 0.200. The molecular weight excluding hydrogens is 599 g/mol. The molecule has 5 rings (SSSR count). The Hall–Kier alpha value is -3.89. The van der Waals surface area contributed by atoms with Gasteiger partial charge in [-0.2, -0.15) is 0 Å². The number of morpholine rings is 1. The predicted molar refractivity (Wildman–Crippen MR) is 163 cm³/mol. The lowest BCUT2D eigenvalue weighted by molar-refractivity contribution is -0.133. The average Bonchev–Trinajstić information content (AvgIpc) is 3.45. The maximum Gasteiger partial charge on any atom is 0.350 e. The van der Waals surface area contributed by atoms with Gasteiger partial charge in [0, 0.05) is 23.0 Å². The van der Waals surface area contributed by atoms with Gasteiger partial charge in [0.15, 0.2) is 0 Å². The number of amides is 2. The number of hydrogen-bond donors (Lipinski definition) is 0. The number of para-hydroxylation sites is 1. The third kappa shape index (κ3) is 6.77. The zero-order valence-electron chi connectivity index (χ0n) is 22.5. The number of benzene rings is 3. The number of thiophene rings is 1. The smallest absolute Gasteiger partial charge is 0.350 e. The number of anilines is 1. The molecule has 2 heterocycles. The predicted octanol–water partition coefficient (Wildman–Crippen LogP) is 6.81. The van der Waals surface area contributed by atoms with E-state index < -0.39 is 11.9 Å². The molecule has 3 aromatic carbocycles.